The van der Waals surface area contributed by atoms with Crippen LogP contribution in [0.5, 0.6) is 0 Å². The van der Waals surface area contributed by atoms with E-state index in [4.69, 9.17) is 21.1 Å². The first-order valence-electron chi connectivity index (χ1n) is 6.79. The molecular weight excluding hydrogens is 392 g/mol. The lowest BCUT2D eigenvalue weighted by atomic mass is 10.1. The first-order valence-corrected chi connectivity index (χ1v) is 8.95. The number of aliphatic imine (C=N–C) groups is 1. The van der Waals surface area contributed by atoms with Crippen LogP contribution < -0.4 is 5.32 Å². The number of amides is 1. The third kappa shape index (κ3) is 4.16. The molecule has 0 bridgehead atoms. The second-order valence-corrected chi connectivity index (χ2v) is 6.77. The highest BCUT2D eigenvalue weighted by Crippen LogP contribution is 2.40. The average Bonchev–Trinajstić information content (AvgIpc) is 2.93. The van der Waals surface area contributed by atoms with Gasteiger partial charge in [0.05, 0.1) is 30.5 Å². The quantitative estimate of drug-likeness (QED) is 0.587. The third-order valence-electron chi connectivity index (χ3n) is 2.87. The maximum Gasteiger partial charge on any atom is 0.413 e. The minimum Gasteiger partial charge on any atom is -0.450 e. The van der Waals surface area contributed by atoms with Crippen molar-refractivity contribution in [2.45, 2.75) is 27.1 Å². The van der Waals surface area contributed by atoms with Crippen LogP contribution in [0.25, 0.3) is 0 Å². The maximum atomic E-state index is 11.6. The number of hydrogen-bond donors (Lipinski definition) is 1. The second kappa shape index (κ2) is 8.19. The summed E-state index contributed by atoms with van der Waals surface area (Å²) in [7, 11) is 0. The van der Waals surface area contributed by atoms with Gasteiger partial charge in [-0.25, -0.2) is 9.79 Å². The van der Waals surface area contributed by atoms with E-state index in [9.17, 15) is 4.79 Å². The van der Waals surface area contributed by atoms with Crippen molar-refractivity contribution in [3.8, 4) is 0 Å². The number of fused-ring (bicyclic) bond motifs is 1. The van der Waals surface area contributed by atoms with Crippen molar-refractivity contribution >= 4 is 56.2 Å². The molecule has 5 nitrogen and oxygen atoms in total. The SMILES string of the molecule is CCOC(=O)NC(=Nc1cc2c(c(Br)c1Cl)COC2)SCC. The Morgan fingerprint density at radius 1 is 1.55 bits per heavy atom. The number of nitrogens with zero attached hydrogens (tertiary/aromatic N) is 1. The molecule has 1 aliphatic heterocycles. The fourth-order valence-corrected chi connectivity index (χ4v) is 3.30. The standard InChI is InChI=1S/C14H16BrClN2O3S/c1-3-21-14(19)18-13(22-4-2)17-10-5-8-6-20-7-9(8)11(15)12(10)16/h5H,3-4,6-7H2,1-2H3,(H,17,18,19). The van der Waals surface area contributed by atoms with Crippen LogP contribution in [0.3, 0.4) is 0 Å². The van der Waals surface area contributed by atoms with Crippen molar-refractivity contribution < 1.29 is 14.3 Å². The molecule has 120 valence electrons. The van der Waals surface area contributed by atoms with E-state index in [1.54, 1.807) is 6.92 Å². The summed E-state index contributed by atoms with van der Waals surface area (Å²) in [5.74, 6) is 0.762. The Labute approximate surface area is 146 Å². The molecule has 2 rings (SSSR count). The van der Waals surface area contributed by atoms with Crippen LogP contribution in [0, 0.1) is 0 Å². The van der Waals surface area contributed by atoms with Crippen molar-refractivity contribution in [1.82, 2.24) is 5.32 Å². The molecule has 0 spiro atoms. The van der Waals surface area contributed by atoms with Crippen LogP contribution >= 0.6 is 39.3 Å². The van der Waals surface area contributed by atoms with Gasteiger partial charge in [-0.2, -0.15) is 0 Å². The summed E-state index contributed by atoms with van der Waals surface area (Å²) < 4.78 is 11.1. The summed E-state index contributed by atoms with van der Waals surface area (Å²) in [5, 5.41) is 3.58. The molecule has 0 aromatic heterocycles. The largest absolute Gasteiger partial charge is 0.450 e. The van der Waals surface area contributed by atoms with Crippen LogP contribution in [-0.4, -0.2) is 23.6 Å². The predicted molar refractivity (Wildman–Crippen MR) is 93.0 cm³/mol. The molecule has 0 saturated carbocycles. The number of nitrogens with one attached hydrogen (secondary N) is 1. The fourth-order valence-electron chi connectivity index (χ4n) is 1.93. The zero-order valence-electron chi connectivity index (χ0n) is 12.2. The predicted octanol–water partition coefficient (Wildman–Crippen LogP) is 4.62. The first-order chi connectivity index (χ1) is 10.6. The van der Waals surface area contributed by atoms with Gasteiger partial charge >= 0.3 is 6.09 Å². The van der Waals surface area contributed by atoms with Crippen molar-refractivity contribution in [3.05, 3.63) is 26.7 Å². The van der Waals surface area contributed by atoms with E-state index in [2.05, 4.69) is 26.2 Å². The topological polar surface area (TPSA) is 59.9 Å². The Balaban J connectivity index is 2.31. The van der Waals surface area contributed by atoms with Gasteiger partial charge in [0.25, 0.3) is 0 Å². The summed E-state index contributed by atoms with van der Waals surface area (Å²) in [6.07, 6.45) is -0.526. The normalized spacial score (nSPS) is 13.9. The zero-order valence-corrected chi connectivity index (χ0v) is 15.4. The van der Waals surface area contributed by atoms with E-state index in [0.29, 0.717) is 35.7 Å². The molecule has 1 aromatic rings. The Bertz CT molecular complexity index is 610. The highest BCUT2D eigenvalue weighted by Gasteiger charge is 2.20. The Hall–Kier alpha value is -0.760. The zero-order chi connectivity index (χ0) is 16.1. The van der Waals surface area contributed by atoms with Crippen molar-refractivity contribution in [1.29, 1.82) is 0 Å². The second-order valence-electron chi connectivity index (χ2n) is 4.35. The Kier molecular flexibility index (Phi) is 6.55. The number of benzene rings is 1. The average molecular weight is 408 g/mol. The number of thioether (sulfide) groups is 1. The number of halogens is 2. The van der Waals surface area contributed by atoms with Gasteiger partial charge in [0.15, 0.2) is 5.17 Å². The van der Waals surface area contributed by atoms with E-state index >= 15 is 0 Å². The van der Waals surface area contributed by atoms with Gasteiger partial charge < -0.3 is 9.47 Å². The molecule has 0 radical (unpaired) electrons. The van der Waals surface area contributed by atoms with Crippen LogP contribution in [0.15, 0.2) is 15.5 Å². The molecule has 1 aliphatic rings. The van der Waals surface area contributed by atoms with Crippen LogP contribution in [0.1, 0.15) is 25.0 Å². The van der Waals surface area contributed by atoms with Gasteiger partial charge in [0.2, 0.25) is 0 Å². The van der Waals surface area contributed by atoms with E-state index in [-0.39, 0.29) is 0 Å². The summed E-state index contributed by atoms with van der Waals surface area (Å²) in [5.41, 5.74) is 2.68. The van der Waals surface area contributed by atoms with Crippen LogP contribution in [-0.2, 0) is 22.7 Å². The smallest absolute Gasteiger partial charge is 0.413 e. The molecule has 1 heterocycles. The fraction of sp³-hybridized carbons (Fsp3) is 0.429. The summed E-state index contributed by atoms with van der Waals surface area (Å²) in [6, 6.07) is 1.89. The summed E-state index contributed by atoms with van der Waals surface area (Å²) >= 11 is 11.2. The van der Waals surface area contributed by atoms with E-state index in [1.807, 2.05) is 13.0 Å². The number of carbonyl (C=O) groups excluding carboxylic acids is 1. The number of carbonyl (C=O) groups is 1. The number of rotatable bonds is 3. The van der Waals surface area contributed by atoms with Crippen molar-refractivity contribution in [2.75, 3.05) is 12.4 Å². The molecule has 1 aromatic carbocycles. The lowest BCUT2D eigenvalue weighted by Gasteiger charge is -2.10. The molecule has 0 fully saturated rings. The molecule has 0 atom stereocenters. The molecule has 8 heteroatoms. The summed E-state index contributed by atoms with van der Waals surface area (Å²) in [6.45, 7) is 5.10. The van der Waals surface area contributed by atoms with Gasteiger partial charge in [0.1, 0.15) is 0 Å². The van der Waals surface area contributed by atoms with Crippen molar-refractivity contribution in [3.63, 3.8) is 0 Å². The third-order valence-corrected chi connectivity index (χ3v) is 5.11. The molecular formula is C14H16BrClN2O3S. The highest BCUT2D eigenvalue weighted by atomic mass is 79.9. The summed E-state index contributed by atoms with van der Waals surface area (Å²) in [4.78, 5) is 16.0. The minimum atomic E-state index is -0.526. The Morgan fingerprint density at radius 2 is 2.32 bits per heavy atom. The molecule has 0 unspecified atom stereocenters. The van der Waals surface area contributed by atoms with Crippen molar-refractivity contribution in [2.24, 2.45) is 4.99 Å². The van der Waals surface area contributed by atoms with E-state index in [1.165, 1.54) is 11.8 Å². The monoisotopic (exact) mass is 406 g/mol. The maximum absolute atomic E-state index is 11.6. The van der Waals surface area contributed by atoms with Gasteiger partial charge in [0, 0.05) is 4.47 Å². The number of amidine groups is 1. The molecule has 1 N–H and O–H groups in total. The molecule has 0 aliphatic carbocycles. The van der Waals surface area contributed by atoms with Gasteiger partial charge in [-0.05, 0) is 45.8 Å². The lowest BCUT2D eigenvalue weighted by Crippen LogP contribution is -2.29. The Morgan fingerprint density at radius 3 is 3.00 bits per heavy atom. The van der Waals surface area contributed by atoms with E-state index < -0.39 is 6.09 Å². The van der Waals surface area contributed by atoms with E-state index in [0.717, 1.165) is 21.4 Å². The van der Waals surface area contributed by atoms with Crippen LogP contribution in [0.2, 0.25) is 5.02 Å². The minimum absolute atomic E-state index is 0.304. The lowest BCUT2D eigenvalue weighted by molar-refractivity contribution is 0.134. The number of ether oxygens (including phenoxy) is 2. The highest BCUT2D eigenvalue weighted by molar-refractivity contribution is 9.10. The number of hydrogen-bond acceptors (Lipinski definition) is 5. The number of alkyl carbamates (subject to hydrolysis) is 1. The van der Waals surface area contributed by atoms with Gasteiger partial charge in [-0.15, -0.1) is 0 Å². The molecule has 1 amide bonds. The molecule has 22 heavy (non-hydrogen) atoms. The van der Waals surface area contributed by atoms with Crippen LogP contribution in [0.4, 0.5) is 10.5 Å². The first kappa shape index (κ1) is 17.6. The van der Waals surface area contributed by atoms with Gasteiger partial charge in [-0.3, -0.25) is 5.32 Å². The molecule has 0 saturated heterocycles. The van der Waals surface area contributed by atoms with Gasteiger partial charge in [-0.1, -0.05) is 30.3 Å².